The molecule has 2 aliphatic rings. The van der Waals surface area contributed by atoms with Crippen LogP contribution in [-0.4, -0.2) is 26.1 Å². The van der Waals surface area contributed by atoms with E-state index in [9.17, 15) is 4.79 Å². The largest absolute Gasteiger partial charge is 0.306 e. The Labute approximate surface area is 134 Å². The third kappa shape index (κ3) is 2.24. The van der Waals surface area contributed by atoms with Gasteiger partial charge in [0.15, 0.2) is 0 Å². The standard InChI is InChI=1S/C17H19N3OS/c21-16-12-22-17(8-2-1-3-9-17)20(16)15-6-4-14(5-7-15)19-11-10-18-13-19/h4-7,10-11,13H,1-3,8-9,12H2. The van der Waals surface area contributed by atoms with Gasteiger partial charge in [-0.2, -0.15) is 0 Å². The Balaban J connectivity index is 1.66. The summed E-state index contributed by atoms with van der Waals surface area (Å²) in [6.45, 7) is 0. The average molecular weight is 313 g/mol. The molecule has 1 aliphatic carbocycles. The molecule has 1 saturated heterocycles. The van der Waals surface area contributed by atoms with Crippen molar-refractivity contribution < 1.29 is 4.79 Å². The van der Waals surface area contributed by atoms with Gasteiger partial charge in [-0.25, -0.2) is 4.98 Å². The van der Waals surface area contributed by atoms with E-state index in [4.69, 9.17) is 0 Å². The van der Waals surface area contributed by atoms with Crippen LogP contribution < -0.4 is 4.90 Å². The molecule has 1 saturated carbocycles. The van der Waals surface area contributed by atoms with E-state index in [0.717, 1.165) is 24.2 Å². The maximum atomic E-state index is 12.5. The summed E-state index contributed by atoms with van der Waals surface area (Å²) in [5, 5.41) is 0. The van der Waals surface area contributed by atoms with Crippen molar-refractivity contribution in [2.45, 2.75) is 37.0 Å². The molecule has 0 atom stereocenters. The molecule has 4 nitrogen and oxygen atoms in total. The van der Waals surface area contributed by atoms with Crippen molar-refractivity contribution in [2.75, 3.05) is 10.7 Å². The maximum absolute atomic E-state index is 12.5. The molecule has 1 aliphatic heterocycles. The van der Waals surface area contributed by atoms with Gasteiger partial charge >= 0.3 is 0 Å². The molecule has 4 rings (SSSR count). The number of hydrogen-bond donors (Lipinski definition) is 0. The molecule has 1 aromatic heterocycles. The number of carbonyl (C=O) groups is 1. The van der Waals surface area contributed by atoms with Gasteiger partial charge in [0.2, 0.25) is 5.91 Å². The lowest BCUT2D eigenvalue weighted by Crippen LogP contribution is -2.45. The number of thioether (sulfide) groups is 1. The van der Waals surface area contributed by atoms with E-state index in [1.165, 1.54) is 19.3 Å². The monoisotopic (exact) mass is 313 g/mol. The predicted molar refractivity (Wildman–Crippen MR) is 89.3 cm³/mol. The predicted octanol–water partition coefficient (Wildman–Crippen LogP) is 3.61. The van der Waals surface area contributed by atoms with Crippen LogP contribution in [0.3, 0.4) is 0 Å². The number of anilines is 1. The topological polar surface area (TPSA) is 38.1 Å². The van der Waals surface area contributed by atoms with Crippen molar-refractivity contribution in [1.82, 2.24) is 9.55 Å². The van der Waals surface area contributed by atoms with E-state index in [1.54, 1.807) is 12.5 Å². The number of rotatable bonds is 2. The Hall–Kier alpha value is -1.75. The fourth-order valence-corrected chi connectivity index (χ4v) is 5.02. The van der Waals surface area contributed by atoms with Gasteiger partial charge in [0.05, 0.1) is 17.0 Å². The van der Waals surface area contributed by atoms with Crippen LogP contribution in [0.4, 0.5) is 5.69 Å². The molecular formula is C17H19N3OS. The number of amides is 1. The summed E-state index contributed by atoms with van der Waals surface area (Å²) in [6.07, 6.45) is 11.5. The third-order valence-corrected chi connectivity index (χ3v) is 6.19. The van der Waals surface area contributed by atoms with Crippen LogP contribution in [0, 0.1) is 0 Å². The van der Waals surface area contributed by atoms with Gasteiger partial charge < -0.3 is 4.57 Å². The normalized spacial score (nSPS) is 20.7. The summed E-state index contributed by atoms with van der Waals surface area (Å²) >= 11 is 1.84. The number of aromatic nitrogens is 2. The SMILES string of the molecule is O=C1CSC2(CCCCC2)N1c1ccc(-n2ccnc2)cc1. The summed E-state index contributed by atoms with van der Waals surface area (Å²) in [6, 6.07) is 8.25. The number of nitrogens with zero attached hydrogens (tertiary/aromatic N) is 3. The first-order valence-electron chi connectivity index (χ1n) is 7.84. The van der Waals surface area contributed by atoms with Crippen molar-refractivity contribution in [3.63, 3.8) is 0 Å². The van der Waals surface area contributed by atoms with Crippen LogP contribution in [0.1, 0.15) is 32.1 Å². The second-order valence-electron chi connectivity index (χ2n) is 6.01. The van der Waals surface area contributed by atoms with Gasteiger partial charge in [0, 0.05) is 23.8 Å². The average Bonchev–Trinajstić information content (AvgIpc) is 3.18. The van der Waals surface area contributed by atoms with Crippen LogP contribution in [0.5, 0.6) is 0 Å². The van der Waals surface area contributed by atoms with Crippen molar-refractivity contribution in [1.29, 1.82) is 0 Å². The summed E-state index contributed by atoms with van der Waals surface area (Å²) < 4.78 is 1.97. The van der Waals surface area contributed by atoms with Crippen LogP contribution in [0.2, 0.25) is 0 Å². The molecule has 2 heterocycles. The van der Waals surface area contributed by atoms with Crippen LogP contribution in [0.25, 0.3) is 5.69 Å². The molecule has 2 fully saturated rings. The number of benzene rings is 1. The van der Waals surface area contributed by atoms with Crippen LogP contribution in [0.15, 0.2) is 43.0 Å². The summed E-state index contributed by atoms with van der Waals surface area (Å²) in [5.74, 6) is 0.866. The lowest BCUT2D eigenvalue weighted by molar-refractivity contribution is -0.116. The van der Waals surface area contributed by atoms with Gasteiger partial charge in [-0.1, -0.05) is 19.3 Å². The first-order chi connectivity index (χ1) is 10.8. The molecule has 0 radical (unpaired) electrons. The van der Waals surface area contributed by atoms with Crippen molar-refractivity contribution in [3.05, 3.63) is 43.0 Å². The zero-order valence-electron chi connectivity index (χ0n) is 12.4. The van der Waals surface area contributed by atoms with E-state index < -0.39 is 0 Å². The van der Waals surface area contributed by atoms with Gasteiger partial charge in [-0.05, 0) is 37.1 Å². The Morgan fingerprint density at radius 2 is 1.77 bits per heavy atom. The van der Waals surface area contributed by atoms with E-state index in [2.05, 4.69) is 34.1 Å². The Morgan fingerprint density at radius 1 is 1.05 bits per heavy atom. The highest BCUT2D eigenvalue weighted by molar-refractivity contribution is 8.02. The molecule has 22 heavy (non-hydrogen) atoms. The lowest BCUT2D eigenvalue weighted by atomic mass is 9.93. The van der Waals surface area contributed by atoms with Crippen molar-refractivity contribution in [3.8, 4) is 5.69 Å². The second kappa shape index (κ2) is 5.47. The number of hydrogen-bond acceptors (Lipinski definition) is 3. The van der Waals surface area contributed by atoms with Gasteiger partial charge in [0.25, 0.3) is 0 Å². The molecular weight excluding hydrogens is 294 g/mol. The fourth-order valence-electron chi connectivity index (χ4n) is 3.59. The summed E-state index contributed by atoms with van der Waals surface area (Å²) in [5.41, 5.74) is 2.10. The van der Waals surface area contributed by atoms with Gasteiger partial charge in [-0.3, -0.25) is 9.69 Å². The minimum Gasteiger partial charge on any atom is -0.306 e. The quantitative estimate of drug-likeness (QED) is 0.850. The Bertz CT molecular complexity index is 660. The van der Waals surface area contributed by atoms with E-state index >= 15 is 0 Å². The molecule has 114 valence electrons. The minimum absolute atomic E-state index is 0.00581. The zero-order chi connectivity index (χ0) is 15.0. The molecule has 0 unspecified atom stereocenters. The minimum atomic E-state index is 0.00581. The lowest BCUT2D eigenvalue weighted by Gasteiger charge is -2.40. The first kappa shape index (κ1) is 13.9. The molecule has 1 amide bonds. The van der Waals surface area contributed by atoms with E-state index in [-0.39, 0.29) is 10.8 Å². The van der Waals surface area contributed by atoms with E-state index in [1.807, 2.05) is 22.5 Å². The molecule has 1 aromatic carbocycles. The molecule has 2 aromatic rings. The highest BCUT2D eigenvalue weighted by Gasteiger charge is 2.47. The summed E-state index contributed by atoms with van der Waals surface area (Å²) in [7, 11) is 0. The van der Waals surface area contributed by atoms with Crippen molar-refractivity contribution >= 4 is 23.4 Å². The molecule has 1 spiro atoms. The maximum Gasteiger partial charge on any atom is 0.238 e. The molecule has 5 heteroatoms. The second-order valence-corrected chi connectivity index (χ2v) is 7.35. The number of imidazole rings is 1. The Kier molecular flexibility index (Phi) is 3.45. The van der Waals surface area contributed by atoms with Crippen molar-refractivity contribution in [2.24, 2.45) is 0 Å². The molecule has 0 bridgehead atoms. The van der Waals surface area contributed by atoms with E-state index in [0.29, 0.717) is 5.75 Å². The van der Waals surface area contributed by atoms with Crippen LogP contribution in [-0.2, 0) is 4.79 Å². The van der Waals surface area contributed by atoms with Gasteiger partial charge in [0.1, 0.15) is 0 Å². The number of carbonyl (C=O) groups excluding carboxylic acids is 1. The molecule has 0 N–H and O–H groups in total. The zero-order valence-corrected chi connectivity index (χ0v) is 13.3. The summed E-state index contributed by atoms with van der Waals surface area (Å²) in [4.78, 5) is 18.6. The first-order valence-corrected chi connectivity index (χ1v) is 8.83. The van der Waals surface area contributed by atoms with Gasteiger partial charge in [-0.15, -0.1) is 11.8 Å². The highest BCUT2D eigenvalue weighted by atomic mass is 32.2. The fraction of sp³-hybridized carbons (Fsp3) is 0.412. The van der Waals surface area contributed by atoms with Crippen LogP contribution >= 0.6 is 11.8 Å². The highest BCUT2D eigenvalue weighted by Crippen LogP contribution is 2.49. The Morgan fingerprint density at radius 3 is 2.45 bits per heavy atom. The third-order valence-electron chi connectivity index (χ3n) is 4.67. The smallest absolute Gasteiger partial charge is 0.238 e.